The number of thiophene rings is 1. The zero-order valence-electron chi connectivity index (χ0n) is 10.2. The fraction of sp³-hybridized carbons (Fsp3) is 0.167. The zero-order valence-corrected chi connectivity index (χ0v) is 14.0. The summed E-state index contributed by atoms with van der Waals surface area (Å²) < 4.78 is 28.4. The first-order valence-electron chi connectivity index (χ1n) is 5.49. The van der Waals surface area contributed by atoms with Gasteiger partial charge in [-0.1, -0.05) is 0 Å². The number of aryl methyl sites for hydroxylation is 1. The molecule has 1 aromatic carbocycles. The van der Waals surface area contributed by atoms with Crippen LogP contribution in [0.5, 0.6) is 0 Å². The van der Waals surface area contributed by atoms with Crippen molar-refractivity contribution in [1.82, 2.24) is 0 Å². The van der Waals surface area contributed by atoms with E-state index in [2.05, 4.69) is 27.3 Å². The molecule has 0 unspecified atom stereocenters. The molecule has 0 aliphatic carbocycles. The summed E-state index contributed by atoms with van der Waals surface area (Å²) in [4.78, 5) is 0.981. The van der Waals surface area contributed by atoms with Crippen molar-refractivity contribution in [3.05, 3.63) is 43.7 Å². The van der Waals surface area contributed by atoms with Crippen molar-refractivity contribution >= 4 is 49.6 Å². The van der Waals surface area contributed by atoms with Crippen LogP contribution in [-0.4, -0.2) is 8.42 Å². The first-order chi connectivity index (χ1) is 8.94. The van der Waals surface area contributed by atoms with Gasteiger partial charge in [0.15, 0.2) is 0 Å². The first kappa shape index (κ1) is 14.8. The molecule has 0 saturated heterocycles. The van der Waals surface area contributed by atoms with E-state index in [1.54, 1.807) is 19.1 Å². The Balaban J connectivity index is 2.37. The van der Waals surface area contributed by atoms with Crippen molar-refractivity contribution in [3.8, 4) is 0 Å². The molecule has 0 amide bonds. The molecule has 1 heterocycles. The summed E-state index contributed by atoms with van der Waals surface area (Å²) in [5.41, 5.74) is 6.87. The number of hydrogen-bond donors (Lipinski definition) is 2. The lowest BCUT2D eigenvalue weighted by Gasteiger charge is -2.09. The summed E-state index contributed by atoms with van der Waals surface area (Å²) >= 11 is 3.54. The van der Waals surface area contributed by atoms with Crippen LogP contribution in [0.1, 0.15) is 10.4 Å². The van der Waals surface area contributed by atoms with Gasteiger partial charge in [-0.3, -0.25) is 4.72 Å². The Morgan fingerprint density at radius 2 is 1.95 bits per heavy atom. The van der Waals surface area contributed by atoms with Gasteiger partial charge in [-0.15, -0.1) is 11.3 Å². The van der Waals surface area contributed by atoms with E-state index in [0.717, 1.165) is 9.13 Å². The van der Waals surface area contributed by atoms with Crippen molar-refractivity contribution in [2.24, 2.45) is 5.73 Å². The van der Waals surface area contributed by atoms with E-state index in [-0.39, 0.29) is 6.54 Å². The maximum Gasteiger partial charge on any atom is 0.263 e. The topological polar surface area (TPSA) is 72.2 Å². The maximum atomic E-state index is 12.4. The summed E-state index contributed by atoms with van der Waals surface area (Å²) in [6.07, 6.45) is 0. The van der Waals surface area contributed by atoms with Crippen molar-refractivity contribution in [1.29, 1.82) is 0 Å². The summed E-state index contributed by atoms with van der Waals surface area (Å²) in [6, 6.07) is 7.18. The third-order valence-corrected chi connectivity index (χ3v) is 6.13. The molecule has 0 aliphatic rings. The molecule has 1 aromatic heterocycles. The molecule has 0 atom stereocenters. The Kier molecular flexibility index (Phi) is 4.49. The monoisotopic (exact) mass is 408 g/mol. The molecular weight excluding hydrogens is 395 g/mol. The Bertz CT molecular complexity index is 678. The maximum absolute atomic E-state index is 12.4. The van der Waals surface area contributed by atoms with E-state index < -0.39 is 10.0 Å². The highest BCUT2D eigenvalue weighted by molar-refractivity contribution is 14.1. The van der Waals surface area contributed by atoms with E-state index in [1.165, 1.54) is 11.3 Å². The van der Waals surface area contributed by atoms with Gasteiger partial charge in [0.2, 0.25) is 0 Å². The number of nitrogens with two attached hydrogens (primary N) is 1. The predicted octanol–water partition coefficient (Wildman–Crippen LogP) is 2.92. The largest absolute Gasteiger partial charge is 0.326 e. The summed E-state index contributed by atoms with van der Waals surface area (Å²) in [5.74, 6) is 0. The molecule has 19 heavy (non-hydrogen) atoms. The second-order valence-corrected chi connectivity index (χ2v) is 7.82. The highest BCUT2D eigenvalue weighted by atomic mass is 127. The average molecular weight is 408 g/mol. The standard InChI is InChI=1S/C12H13IN2O2S2/c1-8-7-18-11(6-14)12(8)19(16,17)15-10-4-2-9(13)3-5-10/h2-5,7,15H,6,14H2,1H3. The van der Waals surface area contributed by atoms with Crippen molar-refractivity contribution in [2.75, 3.05) is 4.72 Å². The molecule has 4 nitrogen and oxygen atoms in total. The third-order valence-electron chi connectivity index (χ3n) is 2.54. The quantitative estimate of drug-likeness (QED) is 0.765. The average Bonchev–Trinajstić information content (AvgIpc) is 2.74. The summed E-state index contributed by atoms with van der Waals surface area (Å²) in [7, 11) is -3.58. The highest BCUT2D eigenvalue weighted by Gasteiger charge is 2.22. The number of sulfonamides is 1. The van der Waals surface area contributed by atoms with Gasteiger partial charge >= 0.3 is 0 Å². The molecule has 2 aromatic rings. The SMILES string of the molecule is Cc1csc(CN)c1S(=O)(=O)Nc1ccc(I)cc1. The Morgan fingerprint density at radius 3 is 2.53 bits per heavy atom. The van der Waals surface area contributed by atoms with Crippen LogP contribution in [-0.2, 0) is 16.6 Å². The Hall–Kier alpha value is -0.640. The van der Waals surface area contributed by atoms with Crippen LogP contribution < -0.4 is 10.5 Å². The van der Waals surface area contributed by atoms with Gasteiger partial charge in [-0.05, 0) is 64.7 Å². The van der Waals surface area contributed by atoms with Gasteiger partial charge in [0.05, 0.1) is 0 Å². The molecule has 0 saturated carbocycles. The number of rotatable bonds is 4. The van der Waals surface area contributed by atoms with E-state index in [0.29, 0.717) is 15.5 Å². The molecule has 102 valence electrons. The predicted molar refractivity (Wildman–Crippen MR) is 86.9 cm³/mol. The van der Waals surface area contributed by atoms with Crippen molar-refractivity contribution < 1.29 is 8.42 Å². The number of benzene rings is 1. The smallest absolute Gasteiger partial charge is 0.263 e. The lowest BCUT2D eigenvalue weighted by Crippen LogP contribution is -2.15. The number of anilines is 1. The van der Waals surface area contributed by atoms with Gasteiger partial charge < -0.3 is 5.73 Å². The zero-order chi connectivity index (χ0) is 14.0. The first-order valence-corrected chi connectivity index (χ1v) is 8.93. The number of nitrogens with one attached hydrogen (secondary N) is 1. The van der Waals surface area contributed by atoms with Crippen LogP contribution in [0.4, 0.5) is 5.69 Å². The normalized spacial score (nSPS) is 11.5. The van der Waals surface area contributed by atoms with E-state index >= 15 is 0 Å². The van der Waals surface area contributed by atoms with Gasteiger partial charge in [-0.25, -0.2) is 8.42 Å². The van der Waals surface area contributed by atoms with Crippen LogP contribution in [0, 0.1) is 10.5 Å². The lowest BCUT2D eigenvalue weighted by molar-refractivity contribution is 0.600. The van der Waals surface area contributed by atoms with E-state index in [4.69, 9.17) is 5.73 Å². The van der Waals surface area contributed by atoms with Crippen LogP contribution >= 0.6 is 33.9 Å². The van der Waals surface area contributed by atoms with E-state index in [9.17, 15) is 8.42 Å². The third kappa shape index (κ3) is 3.28. The minimum absolute atomic E-state index is 0.224. The van der Waals surface area contributed by atoms with Crippen LogP contribution in [0.15, 0.2) is 34.5 Å². The second-order valence-electron chi connectivity index (χ2n) is 3.99. The molecule has 0 fully saturated rings. The molecule has 0 spiro atoms. The van der Waals surface area contributed by atoms with Gasteiger partial charge in [-0.2, -0.15) is 0 Å². The Morgan fingerprint density at radius 1 is 1.32 bits per heavy atom. The molecule has 2 rings (SSSR count). The number of halogens is 1. The molecular formula is C12H13IN2O2S2. The minimum atomic E-state index is -3.58. The molecule has 0 bridgehead atoms. The lowest BCUT2D eigenvalue weighted by atomic mass is 10.3. The summed E-state index contributed by atoms with van der Waals surface area (Å²) in [6.45, 7) is 2.00. The molecule has 0 radical (unpaired) electrons. The molecule has 3 N–H and O–H groups in total. The Labute approximate surface area is 130 Å². The highest BCUT2D eigenvalue weighted by Crippen LogP contribution is 2.28. The van der Waals surface area contributed by atoms with Gasteiger partial charge in [0.25, 0.3) is 10.0 Å². The molecule has 0 aliphatic heterocycles. The minimum Gasteiger partial charge on any atom is -0.326 e. The van der Waals surface area contributed by atoms with Crippen LogP contribution in [0.25, 0.3) is 0 Å². The van der Waals surface area contributed by atoms with Gasteiger partial charge in [0, 0.05) is 20.7 Å². The number of hydrogen-bond acceptors (Lipinski definition) is 4. The fourth-order valence-electron chi connectivity index (χ4n) is 1.71. The van der Waals surface area contributed by atoms with Crippen molar-refractivity contribution in [3.63, 3.8) is 0 Å². The summed E-state index contributed by atoms with van der Waals surface area (Å²) in [5, 5.41) is 1.81. The van der Waals surface area contributed by atoms with Gasteiger partial charge in [0.1, 0.15) is 4.90 Å². The molecule has 7 heteroatoms. The van der Waals surface area contributed by atoms with E-state index in [1.807, 2.05) is 17.5 Å². The van der Waals surface area contributed by atoms with Crippen LogP contribution in [0.3, 0.4) is 0 Å². The second kappa shape index (κ2) is 5.78. The van der Waals surface area contributed by atoms with Crippen LogP contribution in [0.2, 0.25) is 0 Å². The fourth-order valence-corrected chi connectivity index (χ4v) is 4.84. The van der Waals surface area contributed by atoms with Crippen molar-refractivity contribution in [2.45, 2.75) is 18.4 Å².